The number of aldehydes is 1. The maximum Gasteiger partial charge on any atom is 0.142 e. The molecule has 0 aliphatic heterocycles. The molecule has 0 aliphatic carbocycles. The molecule has 2 nitrogen and oxygen atoms in total. The van der Waals surface area contributed by atoms with Crippen molar-refractivity contribution in [1.29, 1.82) is 0 Å². The minimum Gasteiger partial charge on any atom is -0.299 e. The Bertz CT molecular complexity index is 503. The summed E-state index contributed by atoms with van der Waals surface area (Å²) in [5.74, 6) is 0. The summed E-state index contributed by atoms with van der Waals surface area (Å²) in [7, 11) is 0. The first-order valence-electron chi connectivity index (χ1n) is 5.03. The van der Waals surface area contributed by atoms with Gasteiger partial charge >= 0.3 is 0 Å². The van der Waals surface area contributed by atoms with E-state index in [2.05, 4.69) is 4.98 Å². The van der Waals surface area contributed by atoms with Crippen LogP contribution in [-0.2, 0) is 4.79 Å². The van der Waals surface area contributed by atoms with Crippen molar-refractivity contribution in [1.82, 2.24) is 4.98 Å². The lowest BCUT2D eigenvalue weighted by Crippen LogP contribution is -1.83. The summed E-state index contributed by atoms with van der Waals surface area (Å²) < 4.78 is 0. The van der Waals surface area contributed by atoms with E-state index in [9.17, 15) is 4.79 Å². The molecule has 0 unspecified atom stereocenters. The van der Waals surface area contributed by atoms with Gasteiger partial charge in [-0.3, -0.25) is 9.78 Å². The number of aromatic nitrogens is 1. The summed E-state index contributed by atoms with van der Waals surface area (Å²) >= 11 is 0. The lowest BCUT2D eigenvalue weighted by molar-refractivity contribution is -0.104. The maximum atomic E-state index is 10.3. The van der Waals surface area contributed by atoms with Gasteiger partial charge in [-0.25, -0.2) is 0 Å². The van der Waals surface area contributed by atoms with E-state index >= 15 is 0 Å². The van der Waals surface area contributed by atoms with Gasteiger partial charge in [0.05, 0.1) is 0 Å². The standard InChI is InChI=1S/C14H11NO/c16-10-4-7-12-5-1-2-8-14(12)13-6-3-9-15-11-13/h1-11H/b7-4+. The third kappa shape index (κ3) is 2.23. The summed E-state index contributed by atoms with van der Waals surface area (Å²) in [6.45, 7) is 0. The van der Waals surface area contributed by atoms with Crippen LogP contribution < -0.4 is 0 Å². The molecule has 2 heteroatoms. The molecule has 0 radical (unpaired) electrons. The predicted octanol–water partition coefficient (Wildman–Crippen LogP) is 2.96. The number of hydrogen-bond donors (Lipinski definition) is 0. The second-order valence-corrected chi connectivity index (χ2v) is 3.32. The quantitative estimate of drug-likeness (QED) is 0.574. The van der Waals surface area contributed by atoms with Crippen LogP contribution in [0, 0.1) is 0 Å². The van der Waals surface area contributed by atoms with Gasteiger partial charge in [0.25, 0.3) is 0 Å². The smallest absolute Gasteiger partial charge is 0.142 e. The third-order valence-corrected chi connectivity index (χ3v) is 2.29. The topological polar surface area (TPSA) is 30.0 Å². The minimum atomic E-state index is 0.778. The van der Waals surface area contributed by atoms with Crippen molar-refractivity contribution in [2.75, 3.05) is 0 Å². The van der Waals surface area contributed by atoms with Gasteiger partial charge in [-0.1, -0.05) is 36.4 Å². The summed E-state index contributed by atoms with van der Waals surface area (Å²) in [5, 5.41) is 0. The van der Waals surface area contributed by atoms with E-state index < -0.39 is 0 Å². The van der Waals surface area contributed by atoms with Crippen molar-refractivity contribution in [3.63, 3.8) is 0 Å². The maximum absolute atomic E-state index is 10.3. The van der Waals surface area contributed by atoms with E-state index in [0.717, 1.165) is 23.0 Å². The molecule has 0 saturated heterocycles. The first-order valence-corrected chi connectivity index (χ1v) is 5.03. The van der Waals surface area contributed by atoms with Crippen LogP contribution >= 0.6 is 0 Å². The van der Waals surface area contributed by atoms with Gasteiger partial charge < -0.3 is 0 Å². The van der Waals surface area contributed by atoms with Crippen LogP contribution in [0.1, 0.15) is 5.56 Å². The van der Waals surface area contributed by atoms with Crippen LogP contribution in [0.4, 0.5) is 0 Å². The Morgan fingerprint density at radius 2 is 1.94 bits per heavy atom. The first kappa shape index (κ1) is 10.3. The molecule has 0 spiro atoms. The molecule has 1 heterocycles. The fourth-order valence-electron chi connectivity index (χ4n) is 1.57. The molecule has 78 valence electrons. The van der Waals surface area contributed by atoms with Crippen molar-refractivity contribution in [3.05, 3.63) is 60.4 Å². The average molecular weight is 209 g/mol. The molecule has 0 saturated carbocycles. The van der Waals surface area contributed by atoms with Crippen LogP contribution in [0.2, 0.25) is 0 Å². The van der Waals surface area contributed by atoms with E-state index in [-0.39, 0.29) is 0 Å². The fourth-order valence-corrected chi connectivity index (χ4v) is 1.57. The predicted molar refractivity (Wildman–Crippen MR) is 64.8 cm³/mol. The number of benzene rings is 1. The monoisotopic (exact) mass is 209 g/mol. The Hall–Kier alpha value is -2.22. The summed E-state index contributed by atoms with van der Waals surface area (Å²) in [6, 6.07) is 11.8. The fraction of sp³-hybridized carbons (Fsp3) is 0. The van der Waals surface area contributed by atoms with Crippen LogP contribution in [0.3, 0.4) is 0 Å². The van der Waals surface area contributed by atoms with Gasteiger partial charge in [-0.05, 0) is 23.3 Å². The molecule has 2 rings (SSSR count). The molecule has 1 aromatic carbocycles. The van der Waals surface area contributed by atoms with Gasteiger partial charge in [0.15, 0.2) is 0 Å². The largest absolute Gasteiger partial charge is 0.299 e. The van der Waals surface area contributed by atoms with Crippen LogP contribution in [0.5, 0.6) is 0 Å². The Kier molecular flexibility index (Phi) is 3.24. The molecule has 0 N–H and O–H groups in total. The number of rotatable bonds is 3. The number of hydrogen-bond acceptors (Lipinski definition) is 2. The molecule has 0 atom stereocenters. The van der Waals surface area contributed by atoms with Crippen molar-refractivity contribution >= 4 is 12.4 Å². The zero-order valence-electron chi connectivity index (χ0n) is 8.71. The van der Waals surface area contributed by atoms with Crippen LogP contribution in [-0.4, -0.2) is 11.3 Å². The Morgan fingerprint density at radius 3 is 2.69 bits per heavy atom. The molecule has 0 amide bonds. The zero-order valence-corrected chi connectivity index (χ0v) is 8.71. The van der Waals surface area contributed by atoms with Crippen molar-refractivity contribution < 1.29 is 4.79 Å². The lowest BCUT2D eigenvalue weighted by Gasteiger charge is -2.04. The molecule has 0 bridgehead atoms. The molecular weight excluding hydrogens is 198 g/mol. The van der Waals surface area contributed by atoms with Gasteiger partial charge in [0.2, 0.25) is 0 Å². The van der Waals surface area contributed by atoms with Crippen LogP contribution in [0.15, 0.2) is 54.9 Å². The highest BCUT2D eigenvalue weighted by molar-refractivity contribution is 5.80. The second-order valence-electron chi connectivity index (χ2n) is 3.32. The summed E-state index contributed by atoms with van der Waals surface area (Å²) in [5.41, 5.74) is 3.14. The van der Waals surface area contributed by atoms with E-state index in [1.807, 2.05) is 42.6 Å². The van der Waals surface area contributed by atoms with Crippen molar-refractivity contribution in [3.8, 4) is 11.1 Å². The zero-order chi connectivity index (χ0) is 11.2. The van der Waals surface area contributed by atoms with E-state index in [1.54, 1.807) is 12.3 Å². The Labute approximate surface area is 94.3 Å². The lowest BCUT2D eigenvalue weighted by atomic mass is 10.0. The highest BCUT2D eigenvalue weighted by Crippen LogP contribution is 2.23. The molecular formula is C14H11NO. The summed E-state index contributed by atoms with van der Waals surface area (Å²) in [6.07, 6.45) is 7.63. The minimum absolute atomic E-state index is 0.778. The second kappa shape index (κ2) is 5.03. The number of carbonyl (C=O) groups is 1. The van der Waals surface area contributed by atoms with Gasteiger partial charge in [-0.2, -0.15) is 0 Å². The molecule has 16 heavy (non-hydrogen) atoms. The van der Waals surface area contributed by atoms with Crippen LogP contribution in [0.25, 0.3) is 17.2 Å². The third-order valence-electron chi connectivity index (χ3n) is 2.29. The van der Waals surface area contributed by atoms with Crippen molar-refractivity contribution in [2.45, 2.75) is 0 Å². The molecule has 2 aromatic rings. The molecule has 0 fully saturated rings. The van der Waals surface area contributed by atoms with E-state index in [1.165, 1.54) is 6.08 Å². The number of allylic oxidation sites excluding steroid dienone is 1. The number of carbonyl (C=O) groups excluding carboxylic acids is 1. The van der Waals surface area contributed by atoms with Gasteiger partial charge in [0.1, 0.15) is 6.29 Å². The van der Waals surface area contributed by atoms with Gasteiger partial charge in [-0.15, -0.1) is 0 Å². The number of pyridine rings is 1. The molecule has 1 aromatic heterocycles. The van der Waals surface area contributed by atoms with Gasteiger partial charge in [0, 0.05) is 18.0 Å². The highest BCUT2D eigenvalue weighted by atomic mass is 16.1. The van der Waals surface area contributed by atoms with Crippen molar-refractivity contribution in [2.24, 2.45) is 0 Å². The first-order chi connectivity index (χ1) is 7.92. The normalized spacial score (nSPS) is 10.5. The number of nitrogens with zero attached hydrogens (tertiary/aromatic N) is 1. The SMILES string of the molecule is O=C/C=C/c1ccccc1-c1cccnc1. The van der Waals surface area contributed by atoms with E-state index in [4.69, 9.17) is 0 Å². The Morgan fingerprint density at radius 1 is 1.06 bits per heavy atom. The Balaban J connectivity index is 2.48. The molecule has 0 aliphatic rings. The average Bonchev–Trinajstić information content (AvgIpc) is 2.38. The summed E-state index contributed by atoms with van der Waals surface area (Å²) in [4.78, 5) is 14.4. The van der Waals surface area contributed by atoms with E-state index in [0.29, 0.717) is 0 Å². The highest BCUT2D eigenvalue weighted by Gasteiger charge is 2.00.